The van der Waals surface area contributed by atoms with Crippen molar-refractivity contribution < 1.29 is 9.90 Å². The van der Waals surface area contributed by atoms with Gasteiger partial charge in [-0.25, -0.2) is 0 Å². The predicted octanol–water partition coefficient (Wildman–Crippen LogP) is 1.67. The molecule has 0 fully saturated rings. The fourth-order valence-electron chi connectivity index (χ4n) is 2.84. The van der Waals surface area contributed by atoms with Gasteiger partial charge in [0.05, 0.1) is 13.2 Å². The average Bonchev–Trinajstić information content (AvgIpc) is 2.73. The minimum absolute atomic E-state index is 0.0810. The number of para-hydroxylation sites is 1. The molecule has 1 N–H and O–H groups in total. The summed E-state index contributed by atoms with van der Waals surface area (Å²) in [6, 6.07) is 8.56. The lowest BCUT2D eigenvalue weighted by molar-refractivity contribution is -0.120. The molecule has 4 heteroatoms. The van der Waals surface area contributed by atoms with Crippen molar-refractivity contribution in [1.82, 2.24) is 4.90 Å². The summed E-state index contributed by atoms with van der Waals surface area (Å²) in [7, 11) is 0. The molecule has 1 heterocycles. The molecule has 0 saturated carbocycles. The van der Waals surface area contributed by atoms with Crippen LogP contribution in [-0.2, 0) is 11.2 Å². The number of fused-ring (bicyclic) bond motifs is 1. The second-order valence-electron chi connectivity index (χ2n) is 5.73. The first kappa shape index (κ1) is 15.0. The number of hydrogen-bond acceptors (Lipinski definition) is 3. The molecule has 1 aromatic carbocycles. The number of anilines is 1. The molecule has 20 heavy (non-hydrogen) atoms. The average molecular weight is 276 g/mol. The molecule has 2 rings (SSSR count). The Morgan fingerprint density at radius 3 is 2.80 bits per heavy atom. The maximum atomic E-state index is 12.6. The summed E-state index contributed by atoms with van der Waals surface area (Å²) in [5, 5.41) is 9.11. The van der Waals surface area contributed by atoms with E-state index >= 15 is 0 Å². The van der Waals surface area contributed by atoms with Gasteiger partial charge in [0.1, 0.15) is 0 Å². The van der Waals surface area contributed by atoms with Crippen molar-refractivity contribution in [3.8, 4) is 0 Å². The van der Waals surface area contributed by atoms with Gasteiger partial charge >= 0.3 is 0 Å². The van der Waals surface area contributed by atoms with E-state index in [-0.39, 0.29) is 24.6 Å². The largest absolute Gasteiger partial charge is 0.395 e. The molecule has 0 radical (unpaired) electrons. The third kappa shape index (κ3) is 3.02. The van der Waals surface area contributed by atoms with E-state index in [0.717, 1.165) is 12.1 Å². The Bertz CT molecular complexity index is 473. The van der Waals surface area contributed by atoms with Gasteiger partial charge in [-0.15, -0.1) is 0 Å². The van der Waals surface area contributed by atoms with Crippen LogP contribution < -0.4 is 4.90 Å². The molecular weight excluding hydrogens is 252 g/mol. The highest BCUT2D eigenvalue weighted by Crippen LogP contribution is 2.31. The van der Waals surface area contributed by atoms with Crippen LogP contribution in [0.15, 0.2) is 24.3 Å². The van der Waals surface area contributed by atoms with Gasteiger partial charge in [-0.2, -0.15) is 0 Å². The number of aliphatic hydroxyl groups is 1. The van der Waals surface area contributed by atoms with Crippen LogP contribution in [0.2, 0.25) is 0 Å². The van der Waals surface area contributed by atoms with Crippen LogP contribution >= 0.6 is 0 Å². The van der Waals surface area contributed by atoms with Crippen molar-refractivity contribution in [2.45, 2.75) is 39.3 Å². The standard InChI is InChI=1S/C16H24N2O2/c1-12(2)17(8-9-19)11-16(20)18-13(3)10-14-6-4-5-7-15(14)18/h4-7,12-13,19H,8-11H2,1-3H3. The van der Waals surface area contributed by atoms with Gasteiger partial charge in [0, 0.05) is 24.3 Å². The van der Waals surface area contributed by atoms with Gasteiger partial charge in [0.15, 0.2) is 0 Å². The lowest BCUT2D eigenvalue weighted by atomic mass is 10.1. The number of carbonyl (C=O) groups excluding carboxylic acids is 1. The smallest absolute Gasteiger partial charge is 0.241 e. The molecule has 0 bridgehead atoms. The van der Waals surface area contributed by atoms with Crippen LogP contribution in [0.1, 0.15) is 26.3 Å². The van der Waals surface area contributed by atoms with E-state index in [9.17, 15) is 4.79 Å². The molecule has 1 amide bonds. The van der Waals surface area contributed by atoms with Crippen molar-refractivity contribution in [3.63, 3.8) is 0 Å². The van der Waals surface area contributed by atoms with Crippen LogP contribution in [0.25, 0.3) is 0 Å². The minimum Gasteiger partial charge on any atom is -0.395 e. The summed E-state index contributed by atoms with van der Waals surface area (Å²) < 4.78 is 0. The van der Waals surface area contributed by atoms with Gasteiger partial charge in [0.2, 0.25) is 5.91 Å². The topological polar surface area (TPSA) is 43.8 Å². The summed E-state index contributed by atoms with van der Waals surface area (Å²) in [4.78, 5) is 16.5. The van der Waals surface area contributed by atoms with Crippen LogP contribution in [0.5, 0.6) is 0 Å². The van der Waals surface area contributed by atoms with E-state index in [0.29, 0.717) is 13.1 Å². The van der Waals surface area contributed by atoms with Crippen molar-refractivity contribution in [1.29, 1.82) is 0 Å². The molecule has 0 saturated heterocycles. The Hall–Kier alpha value is -1.39. The van der Waals surface area contributed by atoms with E-state index in [1.54, 1.807) is 0 Å². The maximum Gasteiger partial charge on any atom is 0.241 e. The number of hydrogen-bond donors (Lipinski definition) is 1. The SMILES string of the molecule is CC(C)N(CCO)CC(=O)N1c2ccccc2CC1C. The second-order valence-corrected chi connectivity index (χ2v) is 5.73. The third-order valence-electron chi connectivity index (χ3n) is 3.93. The Labute approximate surface area is 121 Å². The minimum atomic E-state index is 0.0810. The monoisotopic (exact) mass is 276 g/mol. The van der Waals surface area contributed by atoms with E-state index in [2.05, 4.69) is 13.0 Å². The number of carbonyl (C=O) groups is 1. The molecule has 1 aliphatic heterocycles. The molecule has 0 aliphatic carbocycles. The number of nitrogens with zero attached hydrogens (tertiary/aromatic N) is 2. The fraction of sp³-hybridized carbons (Fsp3) is 0.562. The first-order valence-corrected chi connectivity index (χ1v) is 7.29. The molecule has 4 nitrogen and oxygen atoms in total. The number of rotatable bonds is 5. The number of aliphatic hydroxyl groups excluding tert-OH is 1. The Balaban J connectivity index is 2.13. The lowest BCUT2D eigenvalue weighted by Crippen LogP contribution is -2.46. The van der Waals surface area contributed by atoms with E-state index in [4.69, 9.17) is 5.11 Å². The van der Waals surface area contributed by atoms with Gasteiger partial charge in [0.25, 0.3) is 0 Å². The summed E-state index contributed by atoms with van der Waals surface area (Å²) >= 11 is 0. The van der Waals surface area contributed by atoms with E-state index in [1.165, 1.54) is 5.56 Å². The first-order valence-electron chi connectivity index (χ1n) is 7.29. The zero-order chi connectivity index (χ0) is 14.7. The van der Waals surface area contributed by atoms with Crippen LogP contribution in [-0.4, -0.2) is 47.7 Å². The molecule has 1 atom stereocenters. The van der Waals surface area contributed by atoms with E-state index < -0.39 is 0 Å². The molecule has 1 unspecified atom stereocenters. The van der Waals surface area contributed by atoms with E-state index in [1.807, 2.05) is 41.8 Å². The zero-order valence-corrected chi connectivity index (χ0v) is 12.5. The highest BCUT2D eigenvalue weighted by atomic mass is 16.3. The predicted molar refractivity (Wildman–Crippen MR) is 80.9 cm³/mol. The van der Waals surface area contributed by atoms with Crippen molar-refractivity contribution in [2.24, 2.45) is 0 Å². The van der Waals surface area contributed by atoms with Gasteiger partial charge in [-0.05, 0) is 38.8 Å². The summed E-state index contributed by atoms with van der Waals surface area (Å²) in [6.07, 6.45) is 0.920. The summed E-state index contributed by atoms with van der Waals surface area (Å²) in [6.45, 7) is 7.15. The molecule has 1 aliphatic rings. The van der Waals surface area contributed by atoms with Gasteiger partial charge < -0.3 is 10.0 Å². The number of benzene rings is 1. The highest BCUT2D eigenvalue weighted by Gasteiger charge is 2.31. The number of amides is 1. The first-order chi connectivity index (χ1) is 9.54. The Kier molecular flexibility index (Phi) is 4.78. The Morgan fingerprint density at radius 1 is 1.45 bits per heavy atom. The van der Waals surface area contributed by atoms with Crippen molar-refractivity contribution in [2.75, 3.05) is 24.6 Å². The van der Waals surface area contributed by atoms with Crippen molar-refractivity contribution in [3.05, 3.63) is 29.8 Å². The highest BCUT2D eigenvalue weighted by molar-refractivity contribution is 5.97. The van der Waals surface area contributed by atoms with Gasteiger partial charge in [-0.3, -0.25) is 9.69 Å². The summed E-state index contributed by atoms with van der Waals surface area (Å²) in [5.74, 6) is 0.115. The molecular formula is C16H24N2O2. The zero-order valence-electron chi connectivity index (χ0n) is 12.5. The third-order valence-corrected chi connectivity index (χ3v) is 3.93. The lowest BCUT2D eigenvalue weighted by Gasteiger charge is -2.29. The van der Waals surface area contributed by atoms with Crippen LogP contribution in [0, 0.1) is 0 Å². The van der Waals surface area contributed by atoms with Crippen LogP contribution in [0.4, 0.5) is 5.69 Å². The quantitative estimate of drug-likeness (QED) is 0.889. The fourth-order valence-corrected chi connectivity index (χ4v) is 2.84. The Morgan fingerprint density at radius 2 is 2.15 bits per heavy atom. The molecule has 0 aromatic heterocycles. The second kappa shape index (κ2) is 6.37. The van der Waals surface area contributed by atoms with Gasteiger partial charge in [-0.1, -0.05) is 18.2 Å². The molecule has 110 valence electrons. The normalized spacial score (nSPS) is 17.9. The molecule has 0 spiro atoms. The maximum absolute atomic E-state index is 12.6. The van der Waals surface area contributed by atoms with Crippen LogP contribution in [0.3, 0.4) is 0 Å². The molecule has 1 aromatic rings. The summed E-state index contributed by atoms with van der Waals surface area (Å²) in [5.41, 5.74) is 2.28. The van der Waals surface area contributed by atoms with Crippen molar-refractivity contribution >= 4 is 11.6 Å².